The summed E-state index contributed by atoms with van der Waals surface area (Å²) in [6.45, 7) is 0.713. The number of methoxy groups -OCH3 is 1. The second-order valence-corrected chi connectivity index (χ2v) is 7.08. The summed E-state index contributed by atoms with van der Waals surface area (Å²) in [6, 6.07) is 4.93. The van der Waals surface area contributed by atoms with Crippen LogP contribution >= 0.6 is 0 Å². The summed E-state index contributed by atoms with van der Waals surface area (Å²) in [7, 11) is -1.83. The molecule has 1 aliphatic heterocycles. The SMILES string of the molecule is COc1cc(NC(=O)CCN)ccc1N1CCCCS1(=O)=O. The maximum absolute atomic E-state index is 12.2. The number of carbonyl (C=O) groups excluding carboxylic acids is 1. The highest BCUT2D eigenvalue weighted by atomic mass is 32.2. The third kappa shape index (κ3) is 3.69. The number of carbonyl (C=O) groups is 1. The molecule has 0 aliphatic carbocycles. The third-order valence-electron chi connectivity index (χ3n) is 3.45. The van der Waals surface area contributed by atoms with Gasteiger partial charge in [-0.2, -0.15) is 0 Å². The molecule has 0 spiro atoms. The minimum Gasteiger partial charge on any atom is -0.494 e. The number of amides is 1. The molecule has 0 radical (unpaired) electrons. The van der Waals surface area contributed by atoms with Crippen molar-refractivity contribution >= 4 is 27.3 Å². The fourth-order valence-electron chi connectivity index (χ4n) is 2.38. The Morgan fingerprint density at radius 1 is 1.41 bits per heavy atom. The van der Waals surface area contributed by atoms with Gasteiger partial charge in [0.2, 0.25) is 15.9 Å². The summed E-state index contributed by atoms with van der Waals surface area (Å²) in [6.07, 6.45) is 1.72. The molecule has 22 heavy (non-hydrogen) atoms. The number of nitrogens with two attached hydrogens (primary N) is 1. The molecule has 2 rings (SSSR count). The monoisotopic (exact) mass is 327 g/mol. The molecule has 0 bridgehead atoms. The molecular weight excluding hydrogens is 306 g/mol. The highest BCUT2D eigenvalue weighted by Crippen LogP contribution is 2.34. The van der Waals surface area contributed by atoms with E-state index in [1.165, 1.54) is 11.4 Å². The molecule has 1 aliphatic rings. The topological polar surface area (TPSA) is 102 Å². The number of nitrogens with zero attached hydrogens (tertiary/aromatic N) is 1. The first-order chi connectivity index (χ1) is 10.5. The van der Waals surface area contributed by atoms with Crippen LogP contribution < -0.4 is 20.1 Å². The Hall–Kier alpha value is -1.80. The third-order valence-corrected chi connectivity index (χ3v) is 5.31. The maximum atomic E-state index is 12.2. The predicted molar refractivity (Wildman–Crippen MR) is 85.7 cm³/mol. The molecule has 1 fully saturated rings. The van der Waals surface area contributed by atoms with E-state index in [0.717, 1.165) is 6.42 Å². The van der Waals surface area contributed by atoms with Gasteiger partial charge < -0.3 is 15.8 Å². The lowest BCUT2D eigenvalue weighted by Gasteiger charge is -2.29. The summed E-state index contributed by atoms with van der Waals surface area (Å²) in [4.78, 5) is 11.6. The summed E-state index contributed by atoms with van der Waals surface area (Å²) in [5, 5.41) is 2.70. The van der Waals surface area contributed by atoms with Gasteiger partial charge in [-0.25, -0.2) is 8.42 Å². The van der Waals surface area contributed by atoms with Crippen molar-refractivity contribution in [3.63, 3.8) is 0 Å². The van der Waals surface area contributed by atoms with E-state index in [9.17, 15) is 13.2 Å². The van der Waals surface area contributed by atoms with Gasteiger partial charge in [0, 0.05) is 31.3 Å². The quantitative estimate of drug-likeness (QED) is 0.837. The van der Waals surface area contributed by atoms with Crippen LogP contribution in [0.25, 0.3) is 0 Å². The molecule has 0 unspecified atom stereocenters. The van der Waals surface area contributed by atoms with Crippen molar-refractivity contribution in [3.05, 3.63) is 18.2 Å². The van der Waals surface area contributed by atoms with Gasteiger partial charge in [0.05, 0.1) is 18.6 Å². The van der Waals surface area contributed by atoms with Crippen LogP contribution in [0.2, 0.25) is 0 Å². The minimum absolute atomic E-state index is 0.144. The van der Waals surface area contributed by atoms with E-state index in [-0.39, 0.29) is 24.6 Å². The minimum atomic E-state index is -3.30. The molecule has 7 nitrogen and oxygen atoms in total. The molecule has 122 valence electrons. The lowest BCUT2D eigenvalue weighted by molar-refractivity contribution is -0.116. The molecule has 0 saturated carbocycles. The molecule has 1 heterocycles. The Balaban J connectivity index is 2.28. The number of benzene rings is 1. The van der Waals surface area contributed by atoms with Crippen molar-refractivity contribution in [2.75, 3.05) is 35.6 Å². The Morgan fingerprint density at radius 2 is 2.18 bits per heavy atom. The van der Waals surface area contributed by atoms with Gasteiger partial charge in [-0.1, -0.05) is 0 Å². The van der Waals surface area contributed by atoms with E-state index < -0.39 is 10.0 Å². The molecular formula is C14H21N3O4S. The van der Waals surface area contributed by atoms with E-state index >= 15 is 0 Å². The number of hydrogen-bond donors (Lipinski definition) is 2. The molecule has 1 saturated heterocycles. The van der Waals surface area contributed by atoms with Gasteiger partial charge in [-0.05, 0) is 25.0 Å². The lowest BCUT2D eigenvalue weighted by atomic mass is 10.2. The smallest absolute Gasteiger partial charge is 0.235 e. The van der Waals surface area contributed by atoms with Crippen LogP contribution in [0, 0.1) is 0 Å². The van der Waals surface area contributed by atoms with Gasteiger partial charge in [-0.3, -0.25) is 9.10 Å². The normalized spacial score (nSPS) is 17.1. The van der Waals surface area contributed by atoms with Crippen molar-refractivity contribution < 1.29 is 17.9 Å². The van der Waals surface area contributed by atoms with Crippen molar-refractivity contribution in [1.82, 2.24) is 0 Å². The first-order valence-corrected chi connectivity index (χ1v) is 8.77. The number of rotatable bonds is 5. The van der Waals surface area contributed by atoms with Crippen LogP contribution in [-0.4, -0.2) is 40.3 Å². The van der Waals surface area contributed by atoms with Crippen molar-refractivity contribution in [3.8, 4) is 5.75 Å². The second-order valence-electron chi connectivity index (χ2n) is 5.07. The van der Waals surface area contributed by atoms with Crippen molar-refractivity contribution in [2.45, 2.75) is 19.3 Å². The zero-order chi connectivity index (χ0) is 16.2. The molecule has 0 aromatic heterocycles. The van der Waals surface area contributed by atoms with Gasteiger partial charge in [0.25, 0.3) is 0 Å². The van der Waals surface area contributed by atoms with E-state index in [0.29, 0.717) is 30.1 Å². The van der Waals surface area contributed by atoms with Crippen LogP contribution in [0.3, 0.4) is 0 Å². The standard InChI is InChI=1S/C14H21N3O4S/c1-21-13-10-11(16-14(18)6-7-15)4-5-12(13)17-8-2-3-9-22(17,19)20/h4-5,10H,2-3,6-9,15H2,1H3,(H,16,18). The van der Waals surface area contributed by atoms with Gasteiger partial charge >= 0.3 is 0 Å². The summed E-state index contributed by atoms with van der Waals surface area (Å²) < 4.78 is 31.0. The Morgan fingerprint density at radius 3 is 2.82 bits per heavy atom. The number of sulfonamides is 1. The number of nitrogens with one attached hydrogen (secondary N) is 1. The molecule has 8 heteroatoms. The lowest BCUT2D eigenvalue weighted by Crippen LogP contribution is -2.38. The molecule has 3 N–H and O–H groups in total. The van der Waals surface area contributed by atoms with Crippen LogP contribution in [0.5, 0.6) is 5.75 Å². The second kappa shape index (κ2) is 6.97. The number of hydrogen-bond acceptors (Lipinski definition) is 5. The number of ether oxygens (including phenoxy) is 1. The fourth-order valence-corrected chi connectivity index (χ4v) is 4.02. The highest BCUT2D eigenvalue weighted by molar-refractivity contribution is 7.92. The summed E-state index contributed by atoms with van der Waals surface area (Å²) in [5.74, 6) is 0.365. The van der Waals surface area contributed by atoms with Crippen LogP contribution in [0.1, 0.15) is 19.3 Å². The molecule has 1 aromatic carbocycles. The summed E-state index contributed by atoms with van der Waals surface area (Å²) in [5.41, 5.74) is 6.38. The highest BCUT2D eigenvalue weighted by Gasteiger charge is 2.28. The van der Waals surface area contributed by atoms with Gasteiger partial charge in [0.1, 0.15) is 5.75 Å². The van der Waals surface area contributed by atoms with Crippen LogP contribution in [0.15, 0.2) is 18.2 Å². The Kier molecular flexibility index (Phi) is 5.25. The summed E-state index contributed by atoms with van der Waals surface area (Å²) >= 11 is 0. The van der Waals surface area contributed by atoms with E-state index in [1.807, 2.05) is 0 Å². The average molecular weight is 327 g/mol. The molecule has 1 aromatic rings. The van der Waals surface area contributed by atoms with E-state index in [1.54, 1.807) is 18.2 Å². The molecule has 1 amide bonds. The van der Waals surface area contributed by atoms with Crippen LogP contribution in [-0.2, 0) is 14.8 Å². The zero-order valence-electron chi connectivity index (χ0n) is 12.5. The fraction of sp³-hybridized carbons (Fsp3) is 0.500. The van der Waals surface area contributed by atoms with E-state index in [2.05, 4.69) is 5.32 Å². The first kappa shape index (κ1) is 16.6. The molecule has 0 atom stereocenters. The maximum Gasteiger partial charge on any atom is 0.235 e. The van der Waals surface area contributed by atoms with Gasteiger partial charge in [-0.15, -0.1) is 0 Å². The van der Waals surface area contributed by atoms with Gasteiger partial charge in [0.15, 0.2) is 0 Å². The van der Waals surface area contributed by atoms with Crippen molar-refractivity contribution in [1.29, 1.82) is 0 Å². The Bertz CT molecular complexity index is 645. The predicted octanol–water partition coefficient (Wildman–Crippen LogP) is 0.912. The van der Waals surface area contributed by atoms with Crippen molar-refractivity contribution in [2.24, 2.45) is 5.73 Å². The van der Waals surface area contributed by atoms with E-state index in [4.69, 9.17) is 10.5 Å². The zero-order valence-corrected chi connectivity index (χ0v) is 13.4. The van der Waals surface area contributed by atoms with Crippen LogP contribution in [0.4, 0.5) is 11.4 Å². The average Bonchev–Trinajstić information content (AvgIpc) is 2.47. The first-order valence-electron chi connectivity index (χ1n) is 7.16. The Labute approximate surface area is 130 Å². The largest absolute Gasteiger partial charge is 0.494 e. The number of anilines is 2.